The maximum atomic E-state index is 5.87. The Kier molecular flexibility index (Phi) is 2.94. The van der Waals surface area contributed by atoms with E-state index in [1.165, 1.54) is 32.1 Å². The zero-order chi connectivity index (χ0) is 11.0. The highest BCUT2D eigenvalue weighted by Crippen LogP contribution is 2.56. The lowest BCUT2D eigenvalue weighted by molar-refractivity contribution is 0.114. The van der Waals surface area contributed by atoms with Crippen LogP contribution in [-0.2, 0) is 14.2 Å². The van der Waals surface area contributed by atoms with Crippen LogP contribution in [0.25, 0.3) is 0 Å². The standard InChI is InChI=1S/C13H22O3/c1-2-3-8-14-9-10-12(15-10)13-7-5-4-6-11(13)16-13/h10-12H,2-9H2,1H3. The van der Waals surface area contributed by atoms with E-state index >= 15 is 0 Å². The largest absolute Gasteiger partial charge is 0.379 e. The Hall–Kier alpha value is -0.120. The molecule has 2 heterocycles. The van der Waals surface area contributed by atoms with Crippen LogP contribution in [0.5, 0.6) is 0 Å². The molecule has 92 valence electrons. The lowest BCUT2D eigenvalue weighted by Crippen LogP contribution is -2.28. The van der Waals surface area contributed by atoms with Crippen molar-refractivity contribution in [3.8, 4) is 0 Å². The Bertz CT molecular complexity index is 256. The first-order valence-corrected chi connectivity index (χ1v) is 6.78. The molecule has 3 aliphatic rings. The second kappa shape index (κ2) is 4.28. The molecule has 0 aromatic heterocycles. The van der Waals surface area contributed by atoms with Gasteiger partial charge in [0, 0.05) is 6.61 Å². The maximum Gasteiger partial charge on any atom is 0.123 e. The van der Waals surface area contributed by atoms with Crippen LogP contribution < -0.4 is 0 Å². The Balaban J connectivity index is 1.39. The van der Waals surface area contributed by atoms with Crippen molar-refractivity contribution in [2.24, 2.45) is 0 Å². The van der Waals surface area contributed by atoms with Crippen molar-refractivity contribution in [2.75, 3.05) is 13.2 Å². The quantitative estimate of drug-likeness (QED) is 0.515. The van der Waals surface area contributed by atoms with Gasteiger partial charge in [-0.3, -0.25) is 0 Å². The van der Waals surface area contributed by atoms with Gasteiger partial charge in [0.1, 0.15) is 17.8 Å². The molecular formula is C13H22O3. The van der Waals surface area contributed by atoms with Gasteiger partial charge in [0.25, 0.3) is 0 Å². The lowest BCUT2D eigenvalue weighted by Gasteiger charge is -2.14. The third-order valence-corrected chi connectivity index (χ3v) is 4.12. The SMILES string of the molecule is CCCCOCC1OC1C12CCCCC1O2. The van der Waals surface area contributed by atoms with Gasteiger partial charge in [-0.15, -0.1) is 0 Å². The number of fused-ring (bicyclic) bond motifs is 1. The van der Waals surface area contributed by atoms with Crippen LogP contribution >= 0.6 is 0 Å². The van der Waals surface area contributed by atoms with Gasteiger partial charge >= 0.3 is 0 Å². The number of hydrogen-bond donors (Lipinski definition) is 0. The molecule has 3 nitrogen and oxygen atoms in total. The summed E-state index contributed by atoms with van der Waals surface area (Å²) in [6.07, 6.45) is 8.60. The summed E-state index contributed by atoms with van der Waals surface area (Å²) in [5.41, 5.74) is 0.122. The van der Waals surface area contributed by atoms with Crippen molar-refractivity contribution in [1.82, 2.24) is 0 Å². The molecule has 0 aromatic rings. The first-order valence-electron chi connectivity index (χ1n) is 6.78. The summed E-state index contributed by atoms with van der Waals surface area (Å²) in [6, 6.07) is 0. The van der Waals surface area contributed by atoms with Gasteiger partial charge in [-0.05, 0) is 19.3 Å². The van der Waals surface area contributed by atoms with E-state index in [-0.39, 0.29) is 5.60 Å². The van der Waals surface area contributed by atoms with Crippen molar-refractivity contribution in [3.05, 3.63) is 0 Å². The molecule has 3 rings (SSSR count). The molecule has 0 radical (unpaired) electrons. The molecular weight excluding hydrogens is 204 g/mol. The van der Waals surface area contributed by atoms with Crippen LogP contribution in [0.3, 0.4) is 0 Å². The van der Waals surface area contributed by atoms with Crippen LogP contribution in [-0.4, -0.2) is 37.1 Å². The van der Waals surface area contributed by atoms with E-state index in [2.05, 4.69) is 6.92 Å². The number of unbranched alkanes of at least 4 members (excludes halogenated alkanes) is 1. The molecule has 0 N–H and O–H groups in total. The van der Waals surface area contributed by atoms with Gasteiger partial charge in [0.2, 0.25) is 0 Å². The van der Waals surface area contributed by atoms with Gasteiger partial charge in [0.15, 0.2) is 0 Å². The van der Waals surface area contributed by atoms with Crippen molar-refractivity contribution in [1.29, 1.82) is 0 Å². The summed E-state index contributed by atoms with van der Waals surface area (Å²) < 4.78 is 17.2. The lowest BCUT2D eigenvalue weighted by atomic mass is 9.86. The van der Waals surface area contributed by atoms with E-state index < -0.39 is 0 Å². The average Bonchev–Trinajstić information content (AvgIpc) is 3.16. The van der Waals surface area contributed by atoms with Gasteiger partial charge in [-0.25, -0.2) is 0 Å². The van der Waals surface area contributed by atoms with E-state index in [4.69, 9.17) is 14.2 Å². The molecule has 4 atom stereocenters. The highest BCUT2D eigenvalue weighted by atomic mass is 16.7. The maximum absolute atomic E-state index is 5.87. The van der Waals surface area contributed by atoms with Gasteiger partial charge < -0.3 is 14.2 Å². The third-order valence-electron chi connectivity index (χ3n) is 4.12. The van der Waals surface area contributed by atoms with Crippen molar-refractivity contribution in [2.45, 2.75) is 69.4 Å². The highest BCUT2D eigenvalue weighted by molar-refractivity contribution is 5.17. The normalized spacial score (nSPS) is 45.2. The number of ether oxygens (including phenoxy) is 3. The minimum absolute atomic E-state index is 0.122. The fraction of sp³-hybridized carbons (Fsp3) is 1.00. The first kappa shape index (κ1) is 11.0. The van der Waals surface area contributed by atoms with Crippen molar-refractivity contribution in [3.63, 3.8) is 0 Å². The molecule has 1 saturated carbocycles. The van der Waals surface area contributed by atoms with Gasteiger partial charge in [-0.1, -0.05) is 26.2 Å². The Morgan fingerprint density at radius 1 is 1.38 bits per heavy atom. The van der Waals surface area contributed by atoms with Crippen LogP contribution in [0.4, 0.5) is 0 Å². The Morgan fingerprint density at radius 3 is 3.12 bits per heavy atom. The summed E-state index contributed by atoms with van der Waals surface area (Å²) in [7, 11) is 0. The predicted molar refractivity (Wildman–Crippen MR) is 60.5 cm³/mol. The molecule has 2 aliphatic heterocycles. The van der Waals surface area contributed by atoms with Crippen LogP contribution in [0.2, 0.25) is 0 Å². The Labute approximate surface area is 97.4 Å². The average molecular weight is 226 g/mol. The fourth-order valence-electron chi connectivity index (χ4n) is 3.02. The number of epoxide rings is 2. The Morgan fingerprint density at radius 2 is 2.31 bits per heavy atom. The fourth-order valence-corrected chi connectivity index (χ4v) is 3.02. The summed E-state index contributed by atoms with van der Waals surface area (Å²) >= 11 is 0. The summed E-state index contributed by atoms with van der Waals surface area (Å²) in [4.78, 5) is 0. The molecule has 1 aliphatic carbocycles. The van der Waals surface area contributed by atoms with E-state index in [1.54, 1.807) is 0 Å². The number of rotatable bonds is 6. The zero-order valence-electron chi connectivity index (χ0n) is 10.1. The van der Waals surface area contributed by atoms with Crippen LogP contribution in [0, 0.1) is 0 Å². The van der Waals surface area contributed by atoms with Crippen LogP contribution in [0.1, 0.15) is 45.4 Å². The minimum Gasteiger partial charge on any atom is -0.379 e. The second-order valence-corrected chi connectivity index (χ2v) is 5.33. The van der Waals surface area contributed by atoms with E-state index in [0.29, 0.717) is 18.3 Å². The summed E-state index contributed by atoms with van der Waals surface area (Å²) in [6.45, 7) is 3.83. The summed E-state index contributed by atoms with van der Waals surface area (Å²) in [5.74, 6) is 0. The number of hydrogen-bond acceptors (Lipinski definition) is 3. The van der Waals surface area contributed by atoms with E-state index in [9.17, 15) is 0 Å². The van der Waals surface area contributed by atoms with Crippen LogP contribution in [0.15, 0.2) is 0 Å². The monoisotopic (exact) mass is 226 g/mol. The minimum atomic E-state index is 0.122. The second-order valence-electron chi connectivity index (χ2n) is 5.33. The molecule has 16 heavy (non-hydrogen) atoms. The predicted octanol–water partition coefficient (Wildman–Crippen LogP) is 2.28. The molecule has 0 aromatic carbocycles. The molecule has 0 amide bonds. The topological polar surface area (TPSA) is 34.3 Å². The van der Waals surface area contributed by atoms with E-state index in [0.717, 1.165) is 19.6 Å². The molecule has 3 heteroatoms. The molecule has 4 unspecified atom stereocenters. The van der Waals surface area contributed by atoms with E-state index in [1.807, 2.05) is 0 Å². The third kappa shape index (κ3) is 1.89. The van der Waals surface area contributed by atoms with Crippen molar-refractivity contribution >= 4 is 0 Å². The van der Waals surface area contributed by atoms with Gasteiger partial charge in [-0.2, -0.15) is 0 Å². The molecule has 3 fully saturated rings. The molecule has 2 saturated heterocycles. The van der Waals surface area contributed by atoms with Gasteiger partial charge in [0.05, 0.1) is 12.7 Å². The zero-order valence-corrected chi connectivity index (χ0v) is 10.1. The molecule has 0 spiro atoms. The van der Waals surface area contributed by atoms with Crippen molar-refractivity contribution < 1.29 is 14.2 Å². The smallest absolute Gasteiger partial charge is 0.123 e. The first-order chi connectivity index (χ1) is 7.87. The summed E-state index contributed by atoms with van der Waals surface area (Å²) in [5, 5.41) is 0. The molecule has 0 bridgehead atoms. The highest BCUT2D eigenvalue weighted by Gasteiger charge is 2.69.